The SMILES string of the molecule is Cc1cc2c(cc1CCNC(=O)C(C)(C)C)OCCO2. The molecular weight excluding hydrogens is 254 g/mol. The Morgan fingerprint density at radius 2 is 1.80 bits per heavy atom. The number of ether oxygens (including phenoxy) is 2. The first-order chi connectivity index (χ1) is 9.38. The molecule has 1 aromatic rings. The number of benzene rings is 1. The molecule has 1 aliphatic heterocycles. The number of aryl methyl sites for hydroxylation is 1. The third-order valence-corrected chi connectivity index (χ3v) is 3.36. The van der Waals surface area contributed by atoms with Crippen LogP contribution in [0.4, 0.5) is 0 Å². The molecule has 0 saturated carbocycles. The molecule has 0 aliphatic carbocycles. The smallest absolute Gasteiger partial charge is 0.225 e. The molecule has 20 heavy (non-hydrogen) atoms. The topological polar surface area (TPSA) is 47.6 Å². The lowest BCUT2D eigenvalue weighted by Gasteiger charge is -2.21. The van der Waals surface area contributed by atoms with Gasteiger partial charge in [-0.15, -0.1) is 0 Å². The van der Waals surface area contributed by atoms with Gasteiger partial charge in [-0.05, 0) is 36.6 Å². The van der Waals surface area contributed by atoms with Crippen LogP contribution in [0.2, 0.25) is 0 Å². The van der Waals surface area contributed by atoms with Crippen molar-refractivity contribution in [3.8, 4) is 11.5 Å². The zero-order valence-electron chi connectivity index (χ0n) is 12.7. The minimum Gasteiger partial charge on any atom is -0.486 e. The van der Waals surface area contributed by atoms with Crippen molar-refractivity contribution in [2.45, 2.75) is 34.1 Å². The van der Waals surface area contributed by atoms with Crippen LogP contribution in [0, 0.1) is 12.3 Å². The lowest BCUT2D eigenvalue weighted by molar-refractivity contribution is -0.128. The van der Waals surface area contributed by atoms with Crippen LogP contribution in [0.25, 0.3) is 0 Å². The summed E-state index contributed by atoms with van der Waals surface area (Å²) >= 11 is 0. The minimum atomic E-state index is -0.345. The van der Waals surface area contributed by atoms with Gasteiger partial charge in [0.1, 0.15) is 13.2 Å². The van der Waals surface area contributed by atoms with E-state index in [2.05, 4.69) is 12.2 Å². The molecule has 0 aromatic heterocycles. The van der Waals surface area contributed by atoms with Gasteiger partial charge in [0, 0.05) is 12.0 Å². The van der Waals surface area contributed by atoms with Crippen molar-refractivity contribution in [3.63, 3.8) is 0 Å². The van der Waals surface area contributed by atoms with Crippen LogP contribution in [0.1, 0.15) is 31.9 Å². The first-order valence-corrected chi connectivity index (χ1v) is 7.05. The van der Waals surface area contributed by atoms with Crippen molar-refractivity contribution in [1.29, 1.82) is 0 Å². The fraction of sp³-hybridized carbons (Fsp3) is 0.562. The summed E-state index contributed by atoms with van der Waals surface area (Å²) in [5.74, 6) is 1.70. The van der Waals surface area contributed by atoms with Crippen LogP contribution >= 0.6 is 0 Å². The van der Waals surface area contributed by atoms with Gasteiger partial charge in [0.25, 0.3) is 0 Å². The molecule has 4 heteroatoms. The van der Waals surface area contributed by atoms with Crippen LogP contribution in [-0.4, -0.2) is 25.7 Å². The molecule has 0 spiro atoms. The highest BCUT2D eigenvalue weighted by Gasteiger charge is 2.20. The third-order valence-electron chi connectivity index (χ3n) is 3.36. The molecule has 1 aromatic carbocycles. The Hall–Kier alpha value is -1.71. The molecule has 0 saturated heterocycles. The van der Waals surface area contributed by atoms with Gasteiger partial charge in [0.05, 0.1) is 0 Å². The fourth-order valence-electron chi connectivity index (χ4n) is 2.08. The van der Waals surface area contributed by atoms with E-state index in [1.165, 1.54) is 11.1 Å². The molecule has 1 amide bonds. The first kappa shape index (κ1) is 14.7. The van der Waals surface area contributed by atoms with Crippen molar-refractivity contribution in [3.05, 3.63) is 23.3 Å². The molecule has 0 radical (unpaired) electrons. The summed E-state index contributed by atoms with van der Waals surface area (Å²) in [5.41, 5.74) is 2.00. The summed E-state index contributed by atoms with van der Waals surface area (Å²) in [6.45, 7) is 9.63. The predicted octanol–water partition coefficient (Wildman–Crippen LogP) is 2.47. The van der Waals surface area contributed by atoms with E-state index in [1.54, 1.807) is 0 Å². The van der Waals surface area contributed by atoms with Crippen LogP contribution in [0.3, 0.4) is 0 Å². The number of fused-ring (bicyclic) bond motifs is 1. The third kappa shape index (κ3) is 3.44. The summed E-state index contributed by atoms with van der Waals surface area (Å²) < 4.78 is 11.1. The van der Waals surface area contributed by atoms with Crippen molar-refractivity contribution < 1.29 is 14.3 Å². The summed E-state index contributed by atoms with van der Waals surface area (Å²) in [6, 6.07) is 4.03. The van der Waals surface area contributed by atoms with Gasteiger partial charge in [0.2, 0.25) is 5.91 Å². The van der Waals surface area contributed by atoms with Crippen LogP contribution in [-0.2, 0) is 11.2 Å². The molecule has 0 bridgehead atoms. The van der Waals surface area contributed by atoms with Crippen molar-refractivity contribution in [1.82, 2.24) is 5.32 Å². The van der Waals surface area contributed by atoms with Crippen molar-refractivity contribution in [2.75, 3.05) is 19.8 Å². The second-order valence-corrected chi connectivity index (χ2v) is 6.18. The maximum atomic E-state index is 11.8. The Kier molecular flexibility index (Phi) is 4.21. The number of amides is 1. The predicted molar refractivity (Wildman–Crippen MR) is 78.3 cm³/mol. The normalized spacial score (nSPS) is 14.0. The molecule has 0 fully saturated rings. The van der Waals surface area contributed by atoms with Gasteiger partial charge in [-0.3, -0.25) is 4.79 Å². The van der Waals surface area contributed by atoms with Crippen molar-refractivity contribution >= 4 is 5.91 Å². The second-order valence-electron chi connectivity index (χ2n) is 6.18. The number of rotatable bonds is 3. The lowest BCUT2D eigenvalue weighted by Crippen LogP contribution is -2.36. The Morgan fingerprint density at radius 3 is 2.40 bits per heavy atom. The molecule has 110 valence electrons. The van der Waals surface area contributed by atoms with E-state index in [9.17, 15) is 4.79 Å². The maximum absolute atomic E-state index is 11.8. The lowest BCUT2D eigenvalue weighted by atomic mass is 9.95. The average Bonchev–Trinajstić information content (AvgIpc) is 2.38. The van der Waals surface area contributed by atoms with Gasteiger partial charge in [0.15, 0.2) is 11.5 Å². The number of carbonyl (C=O) groups is 1. The summed E-state index contributed by atoms with van der Waals surface area (Å²) in [5, 5.41) is 2.97. The van der Waals surface area contributed by atoms with Gasteiger partial charge in [-0.2, -0.15) is 0 Å². The maximum Gasteiger partial charge on any atom is 0.225 e. The van der Waals surface area contributed by atoms with E-state index < -0.39 is 0 Å². The summed E-state index contributed by atoms with van der Waals surface area (Å²) in [7, 11) is 0. The zero-order valence-corrected chi connectivity index (χ0v) is 12.7. The van der Waals surface area contributed by atoms with Gasteiger partial charge in [-0.1, -0.05) is 20.8 Å². The monoisotopic (exact) mass is 277 g/mol. The zero-order chi connectivity index (χ0) is 14.8. The molecule has 2 rings (SSSR count). The van der Waals surface area contributed by atoms with Gasteiger partial charge in [-0.25, -0.2) is 0 Å². The highest BCUT2D eigenvalue weighted by molar-refractivity contribution is 5.81. The highest BCUT2D eigenvalue weighted by atomic mass is 16.6. The Bertz CT molecular complexity index is 503. The van der Waals surface area contributed by atoms with E-state index in [-0.39, 0.29) is 11.3 Å². The van der Waals surface area contributed by atoms with Crippen LogP contribution in [0.5, 0.6) is 11.5 Å². The van der Waals surface area contributed by atoms with E-state index in [0.717, 1.165) is 17.9 Å². The molecule has 0 atom stereocenters. The number of hydrogen-bond acceptors (Lipinski definition) is 3. The Labute approximate surface area is 120 Å². The van der Waals surface area contributed by atoms with E-state index in [0.29, 0.717) is 19.8 Å². The Morgan fingerprint density at radius 1 is 1.20 bits per heavy atom. The van der Waals surface area contributed by atoms with E-state index in [4.69, 9.17) is 9.47 Å². The quantitative estimate of drug-likeness (QED) is 0.923. The number of carbonyl (C=O) groups excluding carboxylic acids is 1. The highest BCUT2D eigenvalue weighted by Crippen LogP contribution is 2.33. The second kappa shape index (κ2) is 5.73. The minimum absolute atomic E-state index is 0.0766. The first-order valence-electron chi connectivity index (χ1n) is 7.05. The van der Waals surface area contributed by atoms with E-state index in [1.807, 2.05) is 32.9 Å². The molecule has 4 nitrogen and oxygen atoms in total. The molecule has 0 unspecified atom stereocenters. The molecule has 1 aliphatic rings. The van der Waals surface area contributed by atoms with E-state index >= 15 is 0 Å². The number of nitrogens with one attached hydrogen (secondary N) is 1. The Balaban J connectivity index is 1.98. The number of hydrogen-bond donors (Lipinski definition) is 1. The average molecular weight is 277 g/mol. The molecule has 1 heterocycles. The van der Waals surface area contributed by atoms with Gasteiger partial charge < -0.3 is 14.8 Å². The summed E-state index contributed by atoms with van der Waals surface area (Å²) in [6.07, 6.45) is 0.796. The standard InChI is InChI=1S/C16H23NO3/c1-11-9-13-14(20-8-7-19-13)10-12(11)5-6-17-15(18)16(2,3)4/h9-10H,5-8H2,1-4H3,(H,17,18). The largest absolute Gasteiger partial charge is 0.486 e. The molecule has 1 N–H and O–H groups in total. The fourth-order valence-corrected chi connectivity index (χ4v) is 2.08. The van der Waals surface area contributed by atoms with Crippen molar-refractivity contribution in [2.24, 2.45) is 5.41 Å². The summed E-state index contributed by atoms with van der Waals surface area (Å²) in [4.78, 5) is 11.8. The van der Waals surface area contributed by atoms with Crippen LogP contribution < -0.4 is 14.8 Å². The molecular formula is C16H23NO3. The van der Waals surface area contributed by atoms with Gasteiger partial charge >= 0.3 is 0 Å². The van der Waals surface area contributed by atoms with Crippen LogP contribution in [0.15, 0.2) is 12.1 Å².